The number of amides is 1. The fourth-order valence-corrected chi connectivity index (χ4v) is 3.00. The molecule has 0 unspecified atom stereocenters. The van der Waals surface area contributed by atoms with Crippen molar-refractivity contribution in [2.24, 2.45) is 0 Å². The van der Waals surface area contributed by atoms with Crippen LogP contribution in [-0.2, 0) is 12.8 Å². The van der Waals surface area contributed by atoms with E-state index in [9.17, 15) is 4.79 Å². The molecule has 82 valence electrons. The predicted octanol–water partition coefficient (Wildman–Crippen LogP) is 1.19. The molecule has 1 amide bonds. The molecule has 0 radical (unpaired) electrons. The van der Waals surface area contributed by atoms with E-state index in [4.69, 9.17) is 0 Å². The normalized spacial score (nSPS) is 13.9. The van der Waals surface area contributed by atoms with Crippen LogP contribution < -0.4 is 10.6 Å². The molecule has 2 N–H and O–H groups in total. The molecule has 0 aliphatic heterocycles. The average molecular weight is 224 g/mol. The largest absolute Gasteiger partial charge is 0.350 e. The smallest absolute Gasteiger partial charge is 0.261 e. The van der Waals surface area contributed by atoms with Gasteiger partial charge in [0.15, 0.2) is 0 Å². The van der Waals surface area contributed by atoms with E-state index >= 15 is 0 Å². The predicted molar refractivity (Wildman–Crippen MR) is 62.6 cm³/mol. The number of carbonyl (C=O) groups is 1. The minimum atomic E-state index is 0.0737. The highest BCUT2D eigenvalue weighted by molar-refractivity contribution is 7.14. The van der Waals surface area contributed by atoms with Gasteiger partial charge in [0.05, 0.1) is 4.88 Å². The molecule has 0 atom stereocenters. The molecule has 2 rings (SSSR count). The zero-order valence-electron chi connectivity index (χ0n) is 8.93. The Morgan fingerprint density at radius 3 is 3.07 bits per heavy atom. The lowest BCUT2D eigenvalue weighted by Gasteiger charge is -2.01. The van der Waals surface area contributed by atoms with Gasteiger partial charge >= 0.3 is 0 Å². The lowest BCUT2D eigenvalue weighted by atomic mass is 10.2. The summed E-state index contributed by atoms with van der Waals surface area (Å²) in [5.74, 6) is 0.0737. The Kier molecular flexibility index (Phi) is 3.38. The summed E-state index contributed by atoms with van der Waals surface area (Å²) in [5, 5.41) is 5.90. The third-order valence-corrected chi connectivity index (χ3v) is 3.87. The fourth-order valence-electron chi connectivity index (χ4n) is 1.83. The topological polar surface area (TPSA) is 41.1 Å². The van der Waals surface area contributed by atoms with Gasteiger partial charge in [0.2, 0.25) is 0 Å². The molecule has 1 aliphatic carbocycles. The van der Waals surface area contributed by atoms with Gasteiger partial charge in [-0.3, -0.25) is 4.79 Å². The van der Waals surface area contributed by atoms with Crippen LogP contribution in [0.1, 0.15) is 26.5 Å². The zero-order valence-corrected chi connectivity index (χ0v) is 9.75. The summed E-state index contributed by atoms with van der Waals surface area (Å²) >= 11 is 1.66. The first kappa shape index (κ1) is 10.6. The number of nitrogens with one attached hydrogen (secondary N) is 2. The molecular weight excluding hydrogens is 208 g/mol. The Hall–Kier alpha value is -0.870. The van der Waals surface area contributed by atoms with E-state index in [2.05, 4.69) is 16.7 Å². The SMILES string of the molecule is CNCCNC(=O)c1cc2c(s1)CCC2. The number of aryl methyl sites for hydroxylation is 2. The van der Waals surface area contributed by atoms with E-state index in [-0.39, 0.29) is 5.91 Å². The highest BCUT2D eigenvalue weighted by Crippen LogP contribution is 2.30. The van der Waals surface area contributed by atoms with Gasteiger partial charge in [-0.15, -0.1) is 11.3 Å². The summed E-state index contributed by atoms with van der Waals surface area (Å²) in [4.78, 5) is 14.0. The van der Waals surface area contributed by atoms with Crippen molar-refractivity contribution < 1.29 is 4.79 Å². The van der Waals surface area contributed by atoms with Crippen molar-refractivity contribution in [1.29, 1.82) is 0 Å². The highest BCUT2D eigenvalue weighted by Gasteiger charge is 2.17. The van der Waals surface area contributed by atoms with Crippen molar-refractivity contribution >= 4 is 17.2 Å². The first-order chi connectivity index (χ1) is 7.31. The van der Waals surface area contributed by atoms with E-state index in [1.165, 1.54) is 16.9 Å². The Morgan fingerprint density at radius 1 is 1.47 bits per heavy atom. The number of hydrogen-bond donors (Lipinski definition) is 2. The number of hydrogen-bond acceptors (Lipinski definition) is 3. The Balaban J connectivity index is 1.94. The molecule has 3 nitrogen and oxygen atoms in total. The second-order valence-electron chi connectivity index (χ2n) is 3.77. The third kappa shape index (κ3) is 2.38. The Bertz CT molecular complexity index is 338. The van der Waals surface area contributed by atoms with Crippen LogP contribution in [0.25, 0.3) is 0 Å². The zero-order chi connectivity index (χ0) is 10.7. The molecule has 1 aromatic heterocycles. The molecule has 0 fully saturated rings. The first-order valence-electron chi connectivity index (χ1n) is 5.35. The summed E-state index contributed by atoms with van der Waals surface area (Å²) in [5.41, 5.74) is 1.39. The van der Waals surface area contributed by atoms with Crippen molar-refractivity contribution in [2.75, 3.05) is 20.1 Å². The van der Waals surface area contributed by atoms with Gasteiger partial charge in [-0.05, 0) is 37.9 Å². The minimum Gasteiger partial charge on any atom is -0.350 e. The van der Waals surface area contributed by atoms with Crippen LogP contribution in [0, 0.1) is 0 Å². The molecule has 0 saturated heterocycles. The average Bonchev–Trinajstić information content (AvgIpc) is 2.76. The molecule has 0 bridgehead atoms. The molecule has 15 heavy (non-hydrogen) atoms. The van der Waals surface area contributed by atoms with Gasteiger partial charge < -0.3 is 10.6 Å². The quantitative estimate of drug-likeness (QED) is 0.754. The van der Waals surface area contributed by atoms with Crippen LogP contribution in [0.5, 0.6) is 0 Å². The van der Waals surface area contributed by atoms with Crippen LogP contribution in [-0.4, -0.2) is 26.0 Å². The van der Waals surface area contributed by atoms with Gasteiger partial charge in [0.1, 0.15) is 0 Å². The van der Waals surface area contributed by atoms with Crippen molar-refractivity contribution in [3.8, 4) is 0 Å². The van der Waals surface area contributed by atoms with Crippen LogP contribution in [0.15, 0.2) is 6.07 Å². The Labute approximate surface area is 93.9 Å². The van der Waals surface area contributed by atoms with Crippen molar-refractivity contribution in [1.82, 2.24) is 10.6 Å². The van der Waals surface area contributed by atoms with Gasteiger partial charge in [-0.1, -0.05) is 0 Å². The fraction of sp³-hybridized carbons (Fsp3) is 0.545. The number of fused-ring (bicyclic) bond motifs is 1. The standard InChI is InChI=1S/C11H16N2OS/c1-12-5-6-13-11(14)10-7-8-3-2-4-9(8)15-10/h7,12H,2-6H2,1H3,(H,13,14). The Morgan fingerprint density at radius 2 is 2.33 bits per heavy atom. The van der Waals surface area contributed by atoms with E-state index in [1.807, 2.05) is 7.05 Å². The summed E-state index contributed by atoms with van der Waals surface area (Å²) in [7, 11) is 1.88. The van der Waals surface area contributed by atoms with Crippen molar-refractivity contribution in [3.05, 3.63) is 21.4 Å². The maximum absolute atomic E-state index is 11.7. The maximum Gasteiger partial charge on any atom is 0.261 e. The van der Waals surface area contributed by atoms with E-state index in [1.54, 1.807) is 11.3 Å². The third-order valence-electron chi connectivity index (χ3n) is 2.63. The van der Waals surface area contributed by atoms with Crippen LogP contribution >= 0.6 is 11.3 Å². The number of rotatable bonds is 4. The summed E-state index contributed by atoms with van der Waals surface area (Å²) in [6.45, 7) is 1.51. The summed E-state index contributed by atoms with van der Waals surface area (Å²) in [6.07, 6.45) is 3.56. The summed E-state index contributed by atoms with van der Waals surface area (Å²) in [6, 6.07) is 2.06. The van der Waals surface area contributed by atoms with Crippen LogP contribution in [0.2, 0.25) is 0 Å². The van der Waals surface area contributed by atoms with Crippen LogP contribution in [0.4, 0.5) is 0 Å². The lowest BCUT2D eigenvalue weighted by Crippen LogP contribution is -2.29. The molecule has 0 aromatic carbocycles. The molecule has 0 saturated carbocycles. The maximum atomic E-state index is 11.7. The highest BCUT2D eigenvalue weighted by atomic mass is 32.1. The molecule has 4 heteroatoms. The number of likely N-dealkylation sites (N-methyl/N-ethyl adjacent to an activating group) is 1. The van der Waals surface area contributed by atoms with Gasteiger partial charge in [0, 0.05) is 18.0 Å². The monoisotopic (exact) mass is 224 g/mol. The molecule has 1 heterocycles. The van der Waals surface area contributed by atoms with Crippen molar-refractivity contribution in [3.63, 3.8) is 0 Å². The molecular formula is C11H16N2OS. The lowest BCUT2D eigenvalue weighted by molar-refractivity contribution is 0.0958. The molecule has 0 spiro atoms. The van der Waals surface area contributed by atoms with E-state index < -0.39 is 0 Å². The van der Waals surface area contributed by atoms with Gasteiger partial charge in [-0.25, -0.2) is 0 Å². The number of carbonyl (C=O) groups excluding carboxylic acids is 1. The van der Waals surface area contributed by atoms with Crippen LogP contribution in [0.3, 0.4) is 0 Å². The van der Waals surface area contributed by atoms with Gasteiger partial charge in [-0.2, -0.15) is 0 Å². The molecule has 1 aliphatic rings. The van der Waals surface area contributed by atoms with E-state index in [0.717, 1.165) is 24.3 Å². The first-order valence-corrected chi connectivity index (χ1v) is 6.17. The van der Waals surface area contributed by atoms with Crippen molar-refractivity contribution in [2.45, 2.75) is 19.3 Å². The van der Waals surface area contributed by atoms with E-state index in [0.29, 0.717) is 6.54 Å². The second-order valence-corrected chi connectivity index (χ2v) is 4.91. The number of thiophene rings is 1. The van der Waals surface area contributed by atoms with Gasteiger partial charge in [0.25, 0.3) is 5.91 Å². The molecule has 1 aromatic rings. The second kappa shape index (κ2) is 4.77. The summed E-state index contributed by atoms with van der Waals surface area (Å²) < 4.78 is 0. The minimum absolute atomic E-state index is 0.0737.